The van der Waals surface area contributed by atoms with Crippen LogP contribution < -0.4 is 5.32 Å². The first-order valence-corrected chi connectivity index (χ1v) is 11.3. The topological polar surface area (TPSA) is 61.0 Å². The van der Waals surface area contributed by atoms with Crippen molar-refractivity contribution in [3.8, 4) is 23.0 Å². The SMILES string of the molecule is C[C@@H]1CNC[C@@H](C)N1C(=O)c1ccc2n[nH]c(C#Cc3ccccc3-c3ccccc3)c2c1. The molecular formula is C28H26N4O. The predicted octanol–water partition coefficient (Wildman–Crippen LogP) is 4.45. The van der Waals surface area contributed by atoms with Crippen LogP contribution in [0.5, 0.6) is 0 Å². The van der Waals surface area contributed by atoms with Crippen LogP contribution in [0.25, 0.3) is 22.0 Å². The van der Waals surface area contributed by atoms with E-state index in [1.807, 2.05) is 59.5 Å². The van der Waals surface area contributed by atoms with Crippen LogP contribution in [0.3, 0.4) is 0 Å². The highest BCUT2D eigenvalue weighted by atomic mass is 16.2. The molecule has 33 heavy (non-hydrogen) atoms. The zero-order chi connectivity index (χ0) is 22.8. The molecule has 0 bridgehead atoms. The van der Waals surface area contributed by atoms with E-state index in [1.165, 1.54) is 0 Å². The van der Waals surface area contributed by atoms with Crippen molar-refractivity contribution in [3.63, 3.8) is 0 Å². The number of hydrogen-bond donors (Lipinski definition) is 2. The minimum absolute atomic E-state index is 0.0490. The quantitative estimate of drug-likeness (QED) is 0.458. The number of carbonyl (C=O) groups is 1. The van der Waals surface area contributed by atoms with Crippen LogP contribution in [-0.4, -0.2) is 46.2 Å². The van der Waals surface area contributed by atoms with Crippen molar-refractivity contribution in [2.45, 2.75) is 25.9 Å². The van der Waals surface area contributed by atoms with Gasteiger partial charge in [0.25, 0.3) is 5.91 Å². The van der Waals surface area contributed by atoms with Gasteiger partial charge in [0.2, 0.25) is 0 Å². The number of carbonyl (C=O) groups excluding carboxylic acids is 1. The van der Waals surface area contributed by atoms with Crippen molar-refractivity contribution in [2.24, 2.45) is 0 Å². The van der Waals surface area contributed by atoms with E-state index in [9.17, 15) is 4.79 Å². The monoisotopic (exact) mass is 434 g/mol. The molecule has 1 aliphatic heterocycles. The summed E-state index contributed by atoms with van der Waals surface area (Å²) >= 11 is 0. The third kappa shape index (κ3) is 4.13. The number of nitrogens with zero attached hydrogens (tertiary/aromatic N) is 2. The molecule has 2 atom stereocenters. The molecule has 1 aliphatic rings. The van der Waals surface area contributed by atoms with Gasteiger partial charge in [0.15, 0.2) is 0 Å². The van der Waals surface area contributed by atoms with E-state index in [1.54, 1.807) is 0 Å². The van der Waals surface area contributed by atoms with Gasteiger partial charge >= 0.3 is 0 Å². The third-order valence-corrected chi connectivity index (χ3v) is 6.20. The number of H-pyrrole nitrogens is 1. The first-order chi connectivity index (χ1) is 16.1. The van der Waals surface area contributed by atoms with Crippen molar-refractivity contribution in [3.05, 3.63) is 89.6 Å². The average Bonchev–Trinajstić information content (AvgIpc) is 3.25. The third-order valence-electron chi connectivity index (χ3n) is 6.20. The summed E-state index contributed by atoms with van der Waals surface area (Å²) in [4.78, 5) is 15.3. The van der Waals surface area contributed by atoms with Crippen LogP contribution >= 0.6 is 0 Å². The van der Waals surface area contributed by atoms with Crippen LogP contribution in [0.1, 0.15) is 35.5 Å². The summed E-state index contributed by atoms with van der Waals surface area (Å²) in [6, 6.07) is 24.3. The van der Waals surface area contributed by atoms with E-state index in [2.05, 4.69) is 59.4 Å². The predicted molar refractivity (Wildman–Crippen MR) is 132 cm³/mol. The highest BCUT2D eigenvalue weighted by Gasteiger charge is 2.29. The maximum absolute atomic E-state index is 13.3. The molecule has 0 radical (unpaired) electrons. The lowest BCUT2D eigenvalue weighted by molar-refractivity contribution is 0.0544. The van der Waals surface area contributed by atoms with Crippen LogP contribution in [-0.2, 0) is 0 Å². The summed E-state index contributed by atoms with van der Waals surface area (Å²) in [6.45, 7) is 5.78. The fourth-order valence-corrected chi connectivity index (χ4v) is 4.51. The first kappa shape index (κ1) is 21.0. The molecule has 0 saturated carbocycles. The van der Waals surface area contributed by atoms with Gasteiger partial charge in [0, 0.05) is 41.7 Å². The van der Waals surface area contributed by atoms with Crippen molar-refractivity contribution >= 4 is 16.8 Å². The lowest BCUT2D eigenvalue weighted by atomic mass is 10.00. The molecule has 1 amide bonds. The second kappa shape index (κ2) is 8.93. The zero-order valence-electron chi connectivity index (χ0n) is 18.8. The Labute approximate surface area is 193 Å². The number of benzene rings is 3. The Morgan fingerprint density at radius 2 is 1.67 bits per heavy atom. The highest BCUT2D eigenvalue weighted by Crippen LogP contribution is 2.24. The average molecular weight is 435 g/mol. The van der Waals surface area contributed by atoms with Gasteiger partial charge in [-0.25, -0.2) is 0 Å². The molecule has 0 spiro atoms. The molecule has 0 aliphatic carbocycles. The summed E-state index contributed by atoms with van der Waals surface area (Å²) in [6.07, 6.45) is 0. The second-order valence-electron chi connectivity index (χ2n) is 8.56. The van der Waals surface area contributed by atoms with Crippen molar-refractivity contribution in [1.29, 1.82) is 0 Å². The van der Waals surface area contributed by atoms with E-state index >= 15 is 0 Å². The molecule has 5 rings (SSSR count). The van der Waals surface area contributed by atoms with Crippen LogP contribution in [0.2, 0.25) is 0 Å². The maximum atomic E-state index is 13.3. The Kier molecular flexibility index (Phi) is 5.68. The van der Waals surface area contributed by atoms with Gasteiger partial charge in [-0.05, 0) is 55.2 Å². The smallest absolute Gasteiger partial charge is 0.254 e. The van der Waals surface area contributed by atoms with Crippen LogP contribution in [0.4, 0.5) is 0 Å². The standard InChI is InChI=1S/C28H26N4O/c1-19-17-29-18-20(2)32(19)28(33)23-13-15-27-25(16-23)26(30-31-27)14-12-22-10-6-7-11-24(22)21-8-4-3-5-9-21/h3-11,13,15-16,19-20,29H,17-18H2,1-2H3,(H,30,31)/t19-,20-/m1/s1. The highest BCUT2D eigenvalue weighted by molar-refractivity contribution is 5.99. The fourth-order valence-electron chi connectivity index (χ4n) is 4.51. The van der Waals surface area contributed by atoms with Gasteiger partial charge in [-0.2, -0.15) is 5.10 Å². The van der Waals surface area contributed by atoms with Crippen molar-refractivity contribution < 1.29 is 4.79 Å². The molecule has 4 aromatic rings. The van der Waals surface area contributed by atoms with E-state index in [0.717, 1.165) is 40.7 Å². The molecule has 3 aromatic carbocycles. The molecule has 1 saturated heterocycles. The van der Waals surface area contributed by atoms with E-state index < -0.39 is 0 Å². The van der Waals surface area contributed by atoms with E-state index in [-0.39, 0.29) is 18.0 Å². The number of hydrogen-bond acceptors (Lipinski definition) is 3. The number of piperazine rings is 1. The minimum Gasteiger partial charge on any atom is -0.331 e. The summed E-state index contributed by atoms with van der Waals surface area (Å²) in [5.41, 5.74) is 5.34. The maximum Gasteiger partial charge on any atom is 0.254 e. The number of rotatable bonds is 2. The number of nitrogens with one attached hydrogen (secondary N) is 2. The normalized spacial score (nSPS) is 18.1. The van der Waals surface area contributed by atoms with Gasteiger partial charge in [0.1, 0.15) is 5.69 Å². The largest absolute Gasteiger partial charge is 0.331 e. The minimum atomic E-state index is 0.0490. The Morgan fingerprint density at radius 3 is 2.45 bits per heavy atom. The first-order valence-electron chi connectivity index (χ1n) is 11.3. The number of aromatic nitrogens is 2. The molecular weight excluding hydrogens is 408 g/mol. The van der Waals surface area contributed by atoms with Gasteiger partial charge in [-0.3, -0.25) is 9.89 Å². The Bertz CT molecular complexity index is 1350. The van der Waals surface area contributed by atoms with Gasteiger partial charge in [-0.1, -0.05) is 54.5 Å². The second-order valence-corrected chi connectivity index (χ2v) is 8.56. The van der Waals surface area contributed by atoms with Crippen LogP contribution in [0, 0.1) is 11.8 Å². The zero-order valence-corrected chi connectivity index (χ0v) is 18.8. The number of aromatic amines is 1. The van der Waals surface area contributed by atoms with E-state index in [0.29, 0.717) is 11.3 Å². The summed E-state index contributed by atoms with van der Waals surface area (Å²) in [7, 11) is 0. The Balaban J connectivity index is 1.50. The molecule has 164 valence electrons. The number of fused-ring (bicyclic) bond motifs is 1. The van der Waals surface area contributed by atoms with Crippen molar-refractivity contribution in [1.82, 2.24) is 20.4 Å². The lowest BCUT2D eigenvalue weighted by Gasteiger charge is -2.39. The summed E-state index contributed by atoms with van der Waals surface area (Å²) in [5, 5.41) is 11.7. The Hall–Kier alpha value is -3.88. The molecule has 2 heterocycles. The fraction of sp³-hybridized carbons (Fsp3) is 0.214. The lowest BCUT2D eigenvalue weighted by Crippen LogP contribution is -2.57. The van der Waals surface area contributed by atoms with Crippen molar-refractivity contribution in [2.75, 3.05) is 13.1 Å². The molecule has 1 fully saturated rings. The Morgan fingerprint density at radius 1 is 0.939 bits per heavy atom. The van der Waals surface area contributed by atoms with Gasteiger partial charge < -0.3 is 10.2 Å². The molecule has 1 aromatic heterocycles. The van der Waals surface area contributed by atoms with Gasteiger partial charge in [0.05, 0.1) is 5.52 Å². The van der Waals surface area contributed by atoms with E-state index in [4.69, 9.17) is 0 Å². The molecule has 2 N–H and O–H groups in total. The number of amides is 1. The van der Waals surface area contributed by atoms with Gasteiger partial charge in [-0.15, -0.1) is 0 Å². The summed E-state index contributed by atoms with van der Waals surface area (Å²) < 4.78 is 0. The molecule has 5 nitrogen and oxygen atoms in total. The summed E-state index contributed by atoms with van der Waals surface area (Å²) in [5.74, 6) is 6.61. The van der Waals surface area contributed by atoms with Crippen LogP contribution in [0.15, 0.2) is 72.8 Å². The molecule has 5 heteroatoms. The molecule has 0 unspecified atom stereocenters.